The lowest BCUT2D eigenvalue weighted by Gasteiger charge is -2.06. The summed E-state index contributed by atoms with van der Waals surface area (Å²) in [5.74, 6) is 0. The highest BCUT2D eigenvalue weighted by Crippen LogP contribution is 2.20. The normalized spacial score (nSPS) is 13.1. The minimum absolute atomic E-state index is 0.380. The van der Waals surface area contributed by atoms with Gasteiger partial charge in [0.2, 0.25) is 0 Å². The van der Waals surface area contributed by atoms with Gasteiger partial charge in [0.05, 0.1) is 6.10 Å². The molecule has 0 aliphatic heterocycles. The first-order valence-corrected chi connectivity index (χ1v) is 3.79. The van der Waals surface area contributed by atoms with E-state index in [2.05, 4.69) is 4.98 Å². The Morgan fingerprint density at radius 3 is 2.73 bits per heavy atom. The molecule has 1 rings (SSSR count). The van der Waals surface area contributed by atoms with Crippen LogP contribution in [-0.2, 0) is 0 Å². The monoisotopic (exact) mass is 171 g/mol. The largest absolute Gasteiger partial charge is 0.389 e. The van der Waals surface area contributed by atoms with Gasteiger partial charge in [-0.1, -0.05) is 11.6 Å². The molecule has 0 bridgehead atoms. The Kier molecular flexibility index (Phi) is 2.47. The van der Waals surface area contributed by atoms with Crippen molar-refractivity contribution >= 4 is 11.6 Å². The lowest BCUT2D eigenvalue weighted by Crippen LogP contribution is -1.94. The third kappa shape index (κ3) is 1.91. The molecule has 3 heteroatoms. The highest BCUT2D eigenvalue weighted by Gasteiger charge is 2.06. The second-order valence-electron chi connectivity index (χ2n) is 2.57. The molecular formula is C8H10ClNO. The van der Waals surface area contributed by atoms with Gasteiger partial charge in [-0.3, -0.25) is 0 Å². The van der Waals surface area contributed by atoms with Crippen LogP contribution in [0.2, 0.25) is 5.15 Å². The van der Waals surface area contributed by atoms with Crippen LogP contribution < -0.4 is 0 Å². The van der Waals surface area contributed by atoms with E-state index in [0.29, 0.717) is 10.7 Å². The number of aliphatic hydroxyl groups is 1. The smallest absolute Gasteiger partial charge is 0.134 e. The molecule has 1 unspecified atom stereocenters. The highest BCUT2D eigenvalue weighted by atomic mass is 35.5. The fraction of sp³-hybridized carbons (Fsp3) is 0.375. The zero-order valence-corrected chi connectivity index (χ0v) is 7.26. The fourth-order valence-corrected chi connectivity index (χ4v) is 1.13. The summed E-state index contributed by atoms with van der Waals surface area (Å²) in [6.07, 6.45) is 1.13. The maximum atomic E-state index is 9.20. The summed E-state index contributed by atoms with van der Waals surface area (Å²) in [6.45, 7) is 3.58. The average Bonchev–Trinajstić information content (AvgIpc) is 1.94. The molecule has 0 aliphatic rings. The number of aromatic nitrogens is 1. The fourth-order valence-electron chi connectivity index (χ4n) is 0.868. The van der Waals surface area contributed by atoms with Gasteiger partial charge in [-0.15, -0.1) is 0 Å². The molecule has 0 radical (unpaired) electrons. The van der Waals surface area contributed by atoms with Crippen LogP contribution in [0.1, 0.15) is 24.2 Å². The van der Waals surface area contributed by atoms with Crippen LogP contribution in [0.25, 0.3) is 0 Å². The van der Waals surface area contributed by atoms with Gasteiger partial charge in [0, 0.05) is 11.8 Å². The van der Waals surface area contributed by atoms with Crippen LogP contribution in [0.15, 0.2) is 12.3 Å². The van der Waals surface area contributed by atoms with Crippen LogP contribution in [0, 0.1) is 6.92 Å². The Bertz CT molecular complexity index is 260. The highest BCUT2D eigenvalue weighted by molar-refractivity contribution is 6.30. The Balaban J connectivity index is 3.13. The zero-order chi connectivity index (χ0) is 8.43. The molecule has 1 N–H and O–H groups in total. The van der Waals surface area contributed by atoms with Crippen molar-refractivity contribution in [1.82, 2.24) is 4.98 Å². The van der Waals surface area contributed by atoms with E-state index < -0.39 is 6.10 Å². The van der Waals surface area contributed by atoms with Gasteiger partial charge in [0.1, 0.15) is 5.15 Å². The first-order valence-electron chi connectivity index (χ1n) is 3.41. The van der Waals surface area contributed by atoms with Gasteiger partial charge in [0.15, 0.2) is 0 Å². The molecular weight excluding hydrogens is 162 g/mol. The number of hydrogen-bond acceptors (Lipinski definition) is 2. The van der Waals surface area contributed by atoms with Crippen LogP contribution in [-0.4, -0.2) is 10.1 Å². The van der Waals surface area contributed by atoms with Crippen molar-refractivity contribution in [2.45, 2.75) is 20.0 Å². The van der Waals surface area contributed by atoms with Crippen molar-refractivity contribution in [2.75, 3.05) is 0 Å². The van der Waals surface area contributed by atoms with E-state index in [1.165, 1.54) is 0 Å². The van der Waals surface area contributed by atoms with Crippen LogP contribution in [0.3, 0.4) is 0 Å². The Hall–Kier alpha value is -0.600. The molecule has 0 saturated heterocycles. The first kappa shape index (κ1) is 8.50. The van der Waals surface area contributed by atoms with Crippen LogP contribution >= 0.6 is 11.6 Å². The molecule has 1 atom stereocenters. The van der Waals surface area contributed by atoms with Crippen molar-refractivity contribution in [3.05, 3.63) is 28.5 Å². The molecule has 0 spiro atoms. The van der Waals surface area contributed by atoms with Crippen molar-refractivity contribution in [3.8, 4) is 0 Å². The van der Waals surface area contributed by atoms with Crippen molar-refractivity contribution in [3.63, 3.8) is 0 Å². The van der Waals surface area contributed by atoms with E-state index >= 15 is 0 Å². The summed E-state index contributed by atoms with van der Waals surface area (Å²) >= 11 is 5.72. The van der Waals surface area contributed by atoms with Gasteiger partial charge in [-0.25, -0.2) is 4.98 Å². The van der Waals surface area contributed by atoms with E-state index in [4.69, 9.17) is 11.6 Å². The van der Waals surface area contributed by atoms with E-state index in [1.807, 2.05) is 13.0 Å². The third-order valence-corrected chi connectivity index (χ3v) is 1.77. The number of aryl methyl sites for hydroxylation is 1. The topological polar surface area (TPSA) is 33.1 Å². The third-order valence-electron chi connectivity index (χ3n) is 1.45. The van der Waals surface area contributed by atoms with E-state index in [0.717, 1.165) is 5.56 Å². The van der Waals surface area contributed by atoms with Crippen molar-refractivity contribution in [2.24, 2.45) is 0 Å². The van der Waals surface area contributed by atoms with Crippen molar-refractivity contribution < 1.29 is 5.11 Å². The lowest BCUT2D eigenvalue weighted by molar-refractivity contribution is 0.199. The molecule has 0 fully saturated rings. The Morgan fingerprint density at radius 2 is 2.27 bits per heavy atom. The van der Waals surface area contributed by atoms with Gasteiger partial charge in [0.25, 0.3) is 0 Å². The number of halogens is 1. The van der Waals surface area contributed by atoms with E-state index in [-0.39, 0.29) is 0 Å². The lowest BCUT2D eigenvalue weighted by atomic mass is 10.1. The maximum Gasteiger partial charge on any atom is 0.134 e. The molecule has 0 aliphatic carbocycles. The number of hydrogen-bond donors (Lipinski definition) is 1. The second-order valence-corrected chi connectivity index (χ2v) is 2.93. The minimum atomic E-state index is -0.546. The van der Waals surface area contributed by atoms with Crippen LogP contribution in [0.5, 0.6) is 0 Å². The SMILES string of the molecule is Cc1cnc(Cl)c(C(C)O)c1. The molecule has 0 amide bonds. The standard InChI is InChI=1S/C8H10ClNO/c1-5-3-7(6(2)11)8(9)10-4-5/h3-4,6,11H,1-2H3. The van der Waals surface area contributed by atoms with E-state index in [9.17, 15) is 5.11 Å². The molecule has 2 nitrogen and oxygen atoms in total. The summed E-state index contributed by atoms with van der Waals surface area (Å²) in [4.78, 5) is 3.91. The molecule has 1 aromatic heterocycles. The molecule has 11 heavy (non-hydrogen) atoms. The van der Waals surface area contributed by atoms with Gasteiger partial charge in [-0.05, 0) is 25.5 Å². The summed E-state index contributed by atoms with van der Waals surface area (Å²) in [7, 11) is 0. The predicted octanol–water partition coefficient (Wildman–Crippen LogP) is 2.10. The molecule has 60 valence electrons. The minimum Gasteiger partial charge on any atom is -0.389 e. The molecule has 1 aromatic rings. The quantitative estimate of drug-likeness (QED) is 0.657. The number of aliphatic hydroxyl groups excluding tert-OH is 1. The average molecular weight is 172 g/mol. The summed E-state index contributed by atoms with van der Waals surface area (Å²) in [6, 6.07) is 1.83. The van der Waals surface area contributed by atoms with Gasteiger partial charge in [-0.2, -0.15) is 0 Å². The van der Waals surface area contributed by atoms with Gasteiger partial charge >= 0.3 is 0 Å². The number of nitrogens with zero attached hydrogens (tertiary/aromatic N) is 1. The molecule has 1 heterocycles. The molecule has 0 saturated carbocycles. The number of pyridine rings is 1. The number of rotatable bonds is 1. The zero-order valence-electron chi connectivity index (χ0n) is 6.50. The van der Waals surface area contributed by atoms with E-state index in [1.54, 1.807) is 13.1 Å². The summed E-state index contributed by atoms with van der Waals surface area (Å²) in [5, 5.41) is 9.58. The predicted molar refractivity (Wildman–Crippen MR) is 44.6 cm³/mol. The maximum absolute atomic E-state index is 9.20. The summed E-state index contributed by atoms with van der Waals surface area (Å²) in [5.41, 5.74) is 1.69. The van der Waals surface area contributed by atoms with Gasteiger partial charge < -0.3 is 5.11 Å². The second kappa shape index (κ2) is 3.20. The van der Waals surface area contributed by atoms with Crippen molar-refractivity contribution in [1.29, 1.82) is 0 Å². The summed E-state index contributed by atoms with van der Waals surface area (Å²) < 4.78 is 0. The first-order chi connectivity index (χ1) is 5.11. The Labute approximate surface area is 70.8 Å². The molecule has 0 aromatic carbocycles. The van der Waals surface area contributed by atoms with Crippen LogP contribution in [0.4, 0.5) is 0 Å². The Morgan fingerprint density at radius 1 is 1.64 bits per heavy atom.